The lowest BCUT2D eigenvalue weighted by Gasteiger charge is -2.28. The molecule has 1 aromatic carbocycles. The molecule has 3 rings (SSSR count). The van der Waals surface area contributed by atoms with E-state index in [-0.39, 0.29) is 24.5 Å². The highest BCUT2D eigenvalue weighted by molar-refractivity contribution is 5.94. The molecular weight excluding hydrogens is 344 g/mol. The summed E-state index contributed by atoms with van der Waals surface area (Å²) in [5.41, 5.74) is 1.33. The van der Waals surface area contributed by atoms with E-state index in [9.17, 15) is 9.90 Å². The Morgan fingerprint density at radius 3 is 2.78 bits per heavy atom. The topological polar surface area (TPSA) is 70.8 Å². The molecule has 2 aromatic rings. The molecule has 0 aliphatic carbocycles. The Morgan fingerprint density at radius 1 is 1.30 bits per heavy atom. The number of ether oxygens (including phenoxy) is 1. The van der Waals surface area contributed by atoms with Gasteiger partial charge in [0.15, 0.2) is 0 Å². The van der Waals surface area contributed by atoms with Gasteiger partial charge in [-0.3, -0.25) is 4.79 Å². The van der Waals surface area contributed by atoms with Gasteiger partial charge in [0.2, 0.25) is 0 Å². The summed E-state index contributed by atoms with van der Waals surface area (Å²) in [6.07, 6.45) is 5.23. The van der Waals surface area contributed by atoms with Gasteiger partial charge in [-0.15, -0.1) is 0 Å². The van der Waals surface area contributed by atoms with Crippen LogP contribution in [0.3, 0.4) is 0 Å². The number of hydrogen-bond donors (Lipinski definition) is 1. The molecule has 0 radical (unpaired) electrons. The molecule has 1 aliphatic heterocycles. The molecule has 1 aromatic heterocycles. The van der Waals surface area contributed by atoms with Gasteiger partial charge in [0.1, 0.15) is 11.4 Å². The average molecular weight is 372 g/mol. The van der Waals surface area contributed by atoms with Crippen LogP contribution in [-0.4, -0.2) is 77.5 Å². The van der Waals surface area contributed by atoms with Gasteiger partial charge < -0.3 is 19.6 Å². The second-order valence-corrected chi connectivity index (χ2v) is 7.30. The van der Waals surface area contributed by atoms with E-state index in [0.29, 0.717) is 24.4 Å². The lowest BCUT2D eigenvalue weighted by Crippen LogP contribution is -2.42. The molecule has 1 N–H and O–H groups in total. The summed E-state index contributed by atoms with van der Waals surface area (Å²) in [6.45, 7) is 1.33. The highest BCUT2D eigenvalue weighted by Crippen LogP contribution is 2.23. The molecule has 2 atom stereocenters. The third-order valence-corrected chi connectivity index (χ3v) is 5.26. The first-order chi connectivity index (χ1) is 13.0. The minimum absolute atomic E-state index is 0.0525. The van der Waals surface area contributed by atoms with Crippen molar-refractivity contribution < 1.29 is 14.6 Å². The number of hydrogen-bond acceptors (Lipinski definition) is 5. The normalized spacial score (nSPS) is 20.6. The Balaban J connectivity index is 1.83. The van der Waals surface area contributed by atoms with Crippen LogP contribution in [0.4, 0.5) is 0 Å². The molecular formula is C20H28N4O3. The van der Waals surface area contributed by atoms with E-state index in [1.54, 1.807) is 24.2 Å². The number of rotatable bonds is 5. The summed E-state index contributed by atoms with van der Waals surface area (Å²) in [5.74, 6) is 0.758. The molecule has 1 saturated heterocycles. The molecule has 0 saturated carbocycles. The third-order valence-electron chi connectivity index (χ3n) is 5.26. The van der Waals surface area contributed by atoms with E-state index in [0.717, 1.165) is 18.5 Å². The second kappa shape index (κ2) is 8.54. The number of likely N-dealkylation sites (N-methyl/N-ethyl adjacent to an activating group) is 1. The van der Waals surface area contributed by atoms with Gasteiger partial charge in [0.25, 0.3) is 5.91 Å². The van der Waals surface area contributed by atoms with Crippen LogP contribution >= 0.6 is 0 Å². The molecule has 146 valence electrons. The van der Waals surface area contributed by atoms with Crippen LogP contribution in [0.15, 0.2) is 36.7 Å². The van der Waals surface area contributed by atoms with Crippen LogP contribution in [-0.2, 0) is 0 Å². The molecule has 0 spiro atoms. The number of likely N-dealkylation sites (tertiary alicyclic amines) is 1. The number of amides is 1. The predicted octanol–water partition coefficient (Wildman–Crippen LogP) is 1.66. The minimum Gasteiger partial charge on any atom is -0.494 e. The minimum atomic E-state index is -0.0525. The molecule has 0 unspecified atom stereocenters. The highest BCUT2D eigenvalue weighted by atomic mass is 16.5. The first kappa shape index (κ1) is 19.4. The Morgan fingerprint density at radius 2 is 2.07 bits per heavy atom. The number of carbonyl (C=O) groups excluding carboxylic acids is 1. The zero-order valence-corrected chi connectivity index (χ0v) is 16.2. The number of aliphatic hydroxyl groups excluding tert-OH is 1. The molecule has 0 bridgehead atoms. The molecule has 7 nitrogen and oxygen atoms in total. The second-order valence-electron chi connectivity index (χ2n) is 7.30. The lowest BCUT2D eigenvalue weighted by molar-refractivity contribution is 0.0689. The molecule has 1 amide bonds. The summed E-state index contributed by atoms with van der Waals surface area (Å²) in [4.78, 5) is 17.1. The highest BCUT2D eigenvalue weighted by Gasteiger charge is 2.29. The summed E-state index contributed by atoms with van der Waals surface area (Å²) < 4.78 is 7.05. The van der Waals surface area contributed by atoms with E-state index in [2.05, 4.69) is 10.00 Å². The molecule has 2 heterocycles. The number of aliphatic hydroxyl groups is 1. The first-order valence-electron chi connectivity index (χ1n) is 9.28. The van der Waals surface area contributed by atoms with E-state index in [1.165, 1.54) is 0 Å². The quantitative estimate of drug-likeness (QED) is 0.864. The van der Waals surface area contributed by atoms with Crippen LogP contribution in [0.5, 0.6) is 5.75 Å². The van der Waals surface area contributed by atoms with Crippen LogP contribution < -0.4 is 4.74 Å². The summed E-state index contributed by atoms with van der Waals surface area (Å²) in [6, 6.07) is 7.85. The van der Waals surface area contributed by atoms with Crippen molar-refractivity contribution in [3.8, 4) is 11.4 Å². The Hall–Kier alpha value is -2.38. The van der Waals surface area contributed by atoms with Crippen molar-refractivity contribution in [3.05, 3.63) is 42.2 Å². The van der Waals surface area contributed by atoms with Crippen molar-refractivity contribution in [2.24, 2.45) is 5.92 Å². The van der Waals surface area contributed by atoms with Crippen molar-refractivity contribution in [1.82, 2.24) is 19.6 Å². The van der Waals surface area contributed by atoms with Gasteiger partial charge in [-0.2, -0.15) is 5.10 Å². The smallest absolute Gasteiger partial charge is 0.257 e. The van der Waals surface area contributed by atoms with Crippen molar-refractivity contribution in [2.45, 2.75) is 18.9 Å². The maximum absolute atomic E-state index is 13.1. The lowest BCUT2D eigenvalue weighted by atomic mass is 10.0. The third kappa shape index (κ3) is 4.31. The fourth-order valence-corrected chi connectivity index (χ4v) is 3.55. The van der Waals surface area contributed by atoms with Gasteiger partial charge in [-0.1, -0.05) is 12.1 Å². The summed E-state index contributed by atoms with van der Waals surface area (Å²) in [5, 5.41) is 14.0. The maximum Gasteiger partial charge on any atom is 0.257 e. The van der Waals surface area contributed by atoms with Gasteiger partial charge in [-0.25, -0.2) is 4.68 Å². The molecule has 1 aliphatic rings. The monoisotopic (exact) mass is 372 g/mol. The number of methoxy groups -OCH3 is 1. The summed E-state index contributed by atoms with van der Waals surface area (Å²) >= 11 is 0. The van der Waals surface area contributed by atoms with Crippen LogP contribution in [0, 0.1) is 5.92 Å². The Labute approximate surface area is 160 Å². The maximum atomic E-state index is 13.1. The van der Waals surface area contributed by atoms with Crippen molar-refractivity contribution in [3.63, 3.8) is 0 Å². The van der Waals surface area contributed by atoms with Crippen LogP contribution in [0.2, 0.25) is 0 Å². The standard InChI is InChI=1S/C20H28N4O3/c1-22(2)17-9-8-15(14-25)11-23(13-17)20(26)16-10-21-24(12-16)18-6-4-5-7-19(18)27-3/h4-7,10,12,15,17,25H,8-9,11,13-14H2,1-3H3/t15-,17+/m0/s1. The zero-order chi connectivity index (χ0) is 19.4. The molecule has 27 heavy (non-hydrogen) atoms. The molecule has 1 fully saturated rings. The van der Waals surface area contributed by atoms with Gasteiger partial charge in [0, 0.05) is 31.9 Å². The zero-order valence-electron chi connectivity index (χ0n) is 16.2. The predicted molar refractivity (Wildman–Crippen MR) is 103 cm³/mol. The average Bonchev–Trinajstić information content (AvgIpc) is 3.06. The van der Waals surface area contributed by atoms with Crippen LogP contribution in [0.25, 0.3) is 5.69 Å². The van der Waals surface area contributed by atoms with Gasteiger partial charge in [-0.05, 0) is 45.0 Å². The summed E-state index contributed by atoms with van der Waals surface area (Å²) in [7, 11) is 5.68. The van der Waals surface area contributed by atoms with Crippen molar-refractivity contribution in [1.29, 1.82) is 0 Å². The number of aromatic nitrogens is 2. The van der Waals surface area contributed by atoms with Gasteiger partial charge >= 0.3 is 0 Å². The fourth-order valence-electron chi connectivity index (χ4n) is 3.55. The van der Waals surface area contributed by atoms with Crippen LogP contribution in [0.1, 0.15) is 23.2 Å². The Bertz CT molecular complexity index is 774. The number of carbonyl (C=O) groups is 1. The fraction of sp³-hybridized carbons (Fsp3) is 0.500. The van der Waals surface area contributed by atoms with E-state index < -0.39 is 0 Å². The van der Waals surface area contributed by atoms with E-state index in [1.807, 2.05) is 43.3 Å². The number of benzene rings is 1. The van der Waals surface area contributed by atoms with Gasteiger partial charge in [0.05, 0.1) is 18.9 Å². The van der Waals surface area contributed by atoms with Crippen molar-refractivity contribution in [2.75, 3.05) is 40.9 Å². The Kier molecular flexibility index (Phi) is 6.13. The van der Waals surface area contributed by atoms with E-state index >= 15 is 0 Å². The van der Waals surface area contributed by atoms with E-state index in [4.69, 9.17) is 4.74 Å². The SMILES string of the molecule is COc1ccccc1-n1cc(C(=O)N2C[C@@H](CO)CC[C@@H](N(C)C)C2)cn1. The number of nitrogens with zero attached hydrogens (tertiary/aromatic N) is 4. The largest absolute Gasteiger partial charge is 0.494 e. The van der Waals surface area contributed by atoms with Crippen molar-refractivity contribution >= 4 is 5.91 Å². The number of para-hydroxylation sites is 2. The molecule has 7 heteroatoms. The first-order valence-corrected chi connectivity index (χ1v) is 9.28.